The predicted octanol–water partition coefficient (Wildman–Crippen LogP) is 7.35. The maximum Gasteiger partial charge on any atom is 0.338 e. The fraction of sp³-hybridized carbons (Fsp3) is 0.125. The lowest BCUT2D eigenvalue weighted by atomic mass is 9.83. The van der Waals surface area contributed by atoms with Crippen LogP contribution in [0.15, 0.2) is 182 Å². The van der Waals surface area contributed by atoms with Gasteiger partial charge in [-0.1, -0.05) is 109 Å². The van der Waals surface area contributed by atoms with Gasteiger partial charge in [0.1, 0.15) is 0 Å². The predicted molar refractivity (Wildman–Crippen MR) is 214 cm³/mol. The molecule has 60 heavy (non-hydrogen) atoms. The number of carbonyl (C=O) groups is 6. The van der Waals surface area contributed by atoms with Gasteiger partial charge in [0, 0.05) is 0 Å². The van der Waals surface area contributed by atoms with Crippen molar-refractivity contribution >= 4 is 35.8 Å². The van der Waals surface area contributed by atoms with Crippen molar-refractivity contribution in [3.63, 3.8) is 0 Å². The monoisotopic (exact) mass is 804 g/mol. The molecule has 1 fully saturated rings. The van der Waals surface area contributed by atoms with E-state index in [0.717, 1.165) is 0 Å². The van der Waals surface area contributed by atoms with Gasteiger partial charge in [-0.25, -0.2) is 28.8 Å². The summed E-state index contributed by atoms with van der Waals surface area (Å²) in [6.07, 6.45) is -11.3. The van der Waals surface area contributed by atoms with Gasteiger partial charge in [-0.3, -0.25) is 0 Å². The molecule has 1 saturated carbocycles. The van der Waals surface area contributed by atoms with Crippen molar-refractivity contribution in [2.45, 2.75) is 36.6 Å². The molecule has 12 heteroatoms. The highest BCUT2D eigenvalue weighted by atomic mass is 16.7. The molecule has 6 aromatic rings. The fourth-order valence-electron chi connectivity index (χ4n) is 6.52. The van der Waals surface area contributed by atoms with Gasteiger partial charge in [0.15, 0.2) is 36.6 Å². The highest BCUT2D eigenvalue weighted by Crippen LogP contribution is 2.37. The first kappa shape index (κ1) is 40.3. The van der Waals surface area contributed by atoms with E-state index in [2.05, 4.69) is 0 Å². The SMILES string of the molecule is O=C(O[C@H]1[C@@H](OC(=O)c2ccccc2)[C@@H](OC(=O)c2ccccc2)[C@@H](OC(=O)c2ccccc2)[C@@H](OC(=O)c2ccccc2)[C@H]1OC(=O)c1ccccc1)c1ccccc1. The van der Waals surface area contributed by atoms with Crippen molar-refractivity contribution in [1.82, 2.24) is 0 Å². The number of benzene rings is 6. The second-order valence-corrected chi connectivity index (χ2v) is 13.4. The van der Waals surface area contributed by atoms with E-state index >= 15 is 0 Å². The lowest BCUT2D eigenvalue weighted by Crippen LogP contribution is -2.69. The highest BCUT2D eigenvalue weighted by molar-refractivity contribution is 5.93. The topological polar surface area (TPSA) is 158 Å². The van der Waals surface area contributed by atoms with Gasteiger partial charge in [-0.2, -0.15) is 0 Å². The third-order valence-electron chi connectivity index (χ3n) is 9.46. The van der Waals surface area contributed by atoms with E-state index in [1.54, 1.807) is 109 Å². The van der Waals surface area contributed by atoms with Gasteiger partial charge in [0.05, 0.1) is 33.4 Å². The Kier molecular flexibility index (Phi) is 12.8. The Hall–Kier alpha value is -7.86. The molecule has 0 atom stereocenters. The van der Waals surface area contributed by atoms with E-state index in [1.165, 1.54) is 72.8 Å². The molecule has 0 unspecified atom stereocenters. The van der Waals surface area contributed by atoms with E-state index in [-0.39, 0.29) is 33.4 Å². The van der Waals surface area contributed by atoms with Crippen LogP contribution in [-0.2, 0) is 28.4 Å². The molecule has 12 nitrogen and oxygen atoms in total. The van der Waals surface area contributed by atoms with Gasteiger partial charge in [-0.15, -0.1) is 0 Å². The van der Waals surface area contributed by atoms with Crippen LogP contribution in [0.5, 0.6) is 0 Å². The Labute approximate surface area is 344 Å². The average Bonchev–Trinajstić information content (AvgIpc) is 3.31. The minimum Gasteiger partial charge on any atom is -0.450 e. The molecule has 0 heterocycles. The van der Waals surface area contributed by atoms with Crippen LogP contribution in [0.4, 0.5) is 0 Å². The summed E-state index contributed by atoms with van der Waals surface area (Å²) < 4.78 is 36.8. The summed E-state index contributed by atoms with van der Waals surface area (Å²) in [4.78, 5) is 84.3. The van der Waals surface area contributed by atoms with Crippen molar-refractivity contribution in [2.75, 3.05) is 0 Å². The van der Waals surface area contributed by atoms with Gasteiger partial charge < -0.3 is 28.4 Å². The minimum atomic E-state index is -1.88. The van der Waals surface area contributed by atoms with Gasteiger partial charge in [0.2, 0.25) is 0 Å². The highest BCUT2D eigenvalue weighted by Gasteiger charge is 2.61. The Morgan fingerprint density at radius 2 is 0.333 bits per heavy atom. The van der Waals surface area contributed by atoms with Crippen LogP contribution in [-0.4, -0.2) is 72.4 Å². The number of ether oxygens (including phenoxy) is 6. The zero-order chi connectivity index (χ0) is 41.8. The fourth-order valence-corrected chi connectivity index (χ4v) is 6.52. The molecular weight excluding hydrogens is 769 g/mol. The average molecular weight is 805 g/mol. The van der Waals surface area contributed by atoms with Crippen LogP contribution in [0.2, 0.25) is 0 Å². The summed E-state index contributed by atoms with van der Waals surface area (Å²) in [6.45, 7) is 0. The number of rotatable bonds is 12. The molecule has 0 amide bonds. The van der Waals surface area contributed by atoms with Gasteiger partial charge in [-0.05, 0) is 72.8 Å². The third-order valence-corrected chi connectivity index (χ3v) is 9.46. The first-order valence-corrected chi connectivity index (χ1v) is 18.8. The summed E-state index contributed by atoms with van der Waals surface area (Å²) in [5.41, 5.74) is 0.289. The van der Waals surface area contributed by atoms with Gasteiger partial charge >= 0.3 is 35.8 Å². The maximum absolute atomic E-state index is 14.1. The molecule has 300 valence electrons. The zero-order valence-corrected chi connectivity index (χ0v) is 31.7. The lowest BCUT2D eigenvalue weighted by Gasteiger charge is -2.47. The number of hydrogen-bond acceptors (Lipinski definition) is 12. The molecule has 7 rings (SSSR count). The Balaban J connectivity index is 1.43. The van der Waals surface area contributed by atoms with Crippen molar-refractivity contribution < 1.29 is 57.2 Å². The lowest BCUT2D eigenvalue weighted by molar-refractivity contribution is -0.223. The molecular formula is C48H36O12. The summed E-state index contributed by atoms with van der Waals surface area (Å²) in [7, 11) is 0. The maximum atomic E-state index is 14.1. The molecule has 0 bridgehead atoms. The standard InChI is InChI=1S/C48H36O12/c49-43(31-19-7-1-8-20-31)55-37-38(56-44(50)32-21-9-2-10-22-32)40(58-46(52)34-25-13-4-14-26-34)42(60-48(54)36-29-17-6-18-30-36)41(59-47(53)35-27-15-5-16-28-35)39(37)57-45(51)33-23-11-3-12-24-33/h1-30,37-42H/t37-,38+,39-,40+,41-,42+. The third kappa shape index (κ3) is 9.63. The Bertz CT molecular complexity index is 1950. The largest absolute Gasteiger partial charge is 0.450 e. The minimum absolute atomic E-state index is 0.0482. The van der Waals surface area contributed by atoms with Crippen LogP contribution < -0.4 is 0 Å². The van der Waals surface area contributed by atoms with E-state index in [0.29, 0.717) is 0 Å². The van der Waals surface area contributed by atoms with Crippen molar-refractivity contribution in [2.24, 2.45) is 0 Å². The molecule has 0 N–H and O–H groups in total. The van der Waals surface area contributed by atoms with Crippen molar-refractivity contribution in [3.8, 4) is 0 Å². The molecule has 0 radical (unpaired) electrons. The van der Waals surface area contributed by atoms with Crippen LogP contribution in [0, 0.1) is 0 Å². The number of carbonyl (C=O) groups excluding carboxylic acids is 6. The molecule has 1 aliphatic rings. The number of hydrogen-bond donors (Lipinski definition) is 0. The Morgan fingerprint density at radius 3 is 0.450 bits per heavy atom. The van der Waals surface area contributed by atoms with Crippen LogP contribution in [0.25, 0.3) is 0 Å². The van der Waals surface area contributed by atoms with E-state index < -0.39 is 72.4 Å². The normalized spacial score (nSPS) is 19.4. The molecule has 0 spiro atoms. The molecule has 6 aromatic carbocycles. The quantitative estimate of drug-likeness (QED) is 0.0896. The van der Waals surface area contributed by atoms with Crippen molar-refractivity contribution in [3.05, 3.63) is 215 Å². The molecule has 0 aliphatic heterocycles. The summed E-state index contributed by atoms with van der Waals surface area (Å²) in [5.74, 6) is -5.82. The van der Waals surface area contributed by atoms with Crippen LogP contribution in [0.1, 0.15) is 62.1 Å². The molecule has 1 aliphatic carbocycles. The smallest absolute Gasteiger partial charge is 0.338 e. The zero-order valence-electron chi connectivity index (χ0n) is 31.7. The first-order valence-electron chi connectivity index (χ1n) is 18.8. The number of esters is 6. The van der Waals surface area contributed by atoms with E-state index in [1.807, 2.05) is 0 Å². The van der Waals surface area contributed by atoms with Gasteiger partial charge in [0.25, 0.3) is 0 Å². The van der Waals surface area contributed by atoms with E-state index in [9.17, 15) is 28.8 Å². The Morgan fingerprint density at radius 1 is 0.217 bits per heavy atom. The summed E-state index contributed by atoms with van der Waals surface area (Å²) in [6, 6.07) is 46.7. The summed E-state index contributed by atoms with van der Waals surface area (Å²) in [5, 5.41) is 0. The molecule has 0 saturated heterocycles. The van der Waals surface area contributed by atoms with Crippen LogP contribution >= 0.6 is 0 Å². The molecule has 0 aromatic heterocycles. The van der Waals surface area contributed by atoms with Crippen molar-refractivity contribution in [1.29, 1.82) is 0 Å². The first-order chi connectivity index (χ1) is 29.3. The van der Waals surface area contributed by atoms with E-state index in [4.69, 9.17) is 28.4 Å². The second kappa shape index (κ2) is 19.1. The summed E-state index contributed by atoms with van der Waals surface area (Å²) >= 11 is 0. The van der Waals surface area contributed by atoms with Crippen LogP contribution in [0.3, 0.4) is 0 Å². The second-order valence-electron chi connectivity index (χ2n) is 13.4.